The summed E-state index contributed by atoms with van der Waals surface area (Å²) in [6, 6.07) is 7.52. The van der Waals surface area contributed by atoms with E-state index in [2.05, 4.69) is 35.9 Å². The van der Waals surface area contributed by atoms with E-state index in [1.807, 2.05) is 24.3 Å². The van der Waals surface area contributed by atoms with Crippen LogP contribution in [0.5, 0.6) is 0 Å². The van der Waals surface area contributed by atoms with Crippen LogP contribution in [-0.4, -0.2) is 19.9 Å². The molecule has 0 atom stereocenters. The van der Waals surface area contributed by atoms with E-state index < -0.39 is 0 Å². The highest BCUT2D eigenvalue weighted by atomic mass is 79.9. The Morgan fingerprint density at radius 1 is 1.11 bits per heavy atom. The zero-order valence-corrected chi connectivity index (χ0v) is 10.7. The van der Waals surface area contributed by atoms with Gasteiger partial charge in [0.15, 0.2) is 11.2 Å². The second-order valence-corrected chi connectivity index (χ2v) is 4.48. The van der Waals surface area contributed by atoms with E-state index in [9.17, 15) is 4.79 Å². The molecule has 5 nitrogen and oxygen atoms in total. The van der Waals surface area contributed by atoms with E-state index in [-0.39, 0.29) is 11.1 Å². The maximum absolute atomic E-state index is 11.9. The lowest BCUT2D eigenvalue weighted by molar-refractivity contribution is 1.12. The smallest absolute Gasteiger partial charge is 0.279 e. The fraction of sp³-hybridized carbons (Fsp3) is 0. The quantitative estimate of drug-likeness (QED) is 0.747. The van der Waals surface area contributed by atoms with Gasteiger partial charge in [0.05, 0.1) is 0 Å². The maximum Gasteiger partial charge on any atom is 0.279 e. The van der Waals surface area contributed by atoms with Gasteiger partial charge < -0.3 is 4.98 Å². The topological polar surface area (TPSA) is 71.5 Å². The van der Waals surface area contributed by atoms with Crippen molar-refractivity contribution in [2.24, 2.45) is 0 Å². The minimum absolute atomic E-state index is 0.244. The van der Waals surface area contributed by atoms with Crippen molar-refractivity contribution in [3.8, 4) is 11.4 Å². The molecular weight excluding hydrogens is 296 g/mol. The number of nitrogens with one attached hydrogen (secondary N) is 1. The molecule has 0 unspecified atom stereocenters. The largest absolute Gasteiger partial charge is 0.304 e. The Morgan fingerprint density at radius 2 is 1.89 bits per heavy atom. The van der Waals surface area contributed by atoms with E-state index in [4.69, 9.17) is 0 Å². The number of hydrogen-bond donors (Lipinski definition) is 1. The number of aromatic nitrogens is 4. The summed E-state index contributed by atoms with van der Waals surface area (Å²) in [4.78, 5) is 26.9. The van der Waals surface area contributed by atoms with Crippen molar-refractivity contribution in [1.29, 1.82) is 0 Å². The minimum Gasteiger partial charge on any atom is -0.304 e. The number of H-pyrrole nitrogens is 1. The number of aromatic amines is 1. The third-order valence-electron chi connectivity index (χ3n) is 2.47. The lowest BCUT2D eigenvalue weighted by Crippen LogP contribution is -2.11. The number of nitrogens with zero attached hydrogens (tertiary/aromatic N) is 3. The zero-order valence-electron chi connectivity index (χ0n) is 9.09. The van der Waals surface area contributed by atoms with Crippen molar-refractivity contribution < 1.29 is 0 Å². The van der Waals surface area contributed by atoms with Gasteiger partial charge >= 0.3 is 0 Å². The van der Waals surface area contributed by atoms with Gasteiger partial charge in [-0.25, -0.2) is 15.0 Å². The number of rotatable bonds is 1. The summed E-state index contributed by atoms with van der Waals surface area (Å²) in [7, 11) is 0. The van der Waals surface area contributed by atoms with Crippen molar-refractivity contribution >= 4 is 27.1 Å². The molecule has 0 saturated carbocycles. The maximum atomic E-state index is 11.9. The average Bonchev–Trinajstić information content (AvgIpc) is 2.39. The molecule has 3 rings (SSSR count). The Hall–Kier alpha value is -2.08. The van der Waals surface area contributed by atoms with Gasteiger partial charge in [0.1, 0.15) is 5.82 Å². The first kappa shape index (κ1) is 11.0. The molecule has 88 valence electrons. The Bertz CT molecular complexity index is 784. The third-order valence-corrected chi connectivity index (χ3v) is 3.16. The second-order valence-electron chi connectivity index (χ2n) is 3.62. The molecule has 18 heavy (non-hydrogen) atoms. The van der Waals surface area contributed by atoms with Crippen LogP contribution in [0.3, 0.4) is 0 Å². The van der Waals surface area contributed by atoms with Gasteiger partial charge in [0.2, 0.25) is 0 Å². The molecule has 0 fully saturated rings. The predicted molar refractivity (Wildman–Crippen MR) is 71.1 cm³/mol. The lowest BCUT2D eigenvalue weighted by Gasteiger charge is -2.03. The van der Waals surface area contributed by atoms with E-state index >= 15 is 0 Å². The summed E-state index contributed by atoms with van der Waals surface area (Å²) in [5, 5.41) is 0. The van der Waals surface area contributed by atoms with E-state index in [1.54, 1.807) is 0 Å². The molecule has 0 saturated heterocycles. The molecule has 0 aliphatic heterocycles. The molecule has 2 heterocycles. The fourth-order valence-electron chi connectivity index (χ4n) is 1.65. The monoisotopic (exact) mass is 302 g/mol. The van der Waals surface area contributed by atoms with Gasteiger partial charge in [-0.05, 0) is 6.07 Å². The van der Waals surface area contributed by atoms with E-state index in [0.29, 0.717) is 11.5 Å². The Labute approximate surface area is 110 Å². The normalized spacial score (nSPS) is 10.7. The average molecular weight is 303 g/mol. The van der Waals surface area contributed by atoms with Crippen LogP contribution in [0.25, 0.3) is 22.6 Å². The Morgan fingerprint density at radius 3 is 2.72 bits per heavy atom. The summed E-state index contributed by atoms with van der Waals surface area (Å²) in [6.45, 7) is 0. The molecule has 6 heteroatoms. The highest BCUT2D eigenvalue weighted by Crippen LogP contribution is 2.24. The molecule has 0 aliphatic rings. The van der Waals surface area contributed by atoms with Gasteiger partial charge in [0.25, 0.3) is 5.56 Å². The minimum atomic E-state index is -0.293. The SMILES string of the molecule is O=c1[nH]c(-c2ccccc2Br)nc2nccnc12. The predicted octanol–water partition coefficient (Wildman–Crippen LogP) is 2.14. The van der Waals surface area contributed by atoms with Gasteiger partial charge in [-0.15, -0.1) is 0 Å². The molecule has 1 aromatic carbocycles. The molecule has 1 N–H and O–H groups in total. The summed E-state index contributed by atoms with van der Waals surface area (Å²) in [5.41, 5.74) is 1.10. The molecular formula is C12H7BrN4O. The number of fused-ring (bicyclic) bond motifs is 1. The van der Waals surface area contributed by atoms with Crippen molar-refractivity contribution in [1.82, 2.24) is 19.9 Å². The van der Waals surface area contributed by atoms with Crippen LogP contribution in [0.2, 0.25) is 0 Å². The van der Waals surface area contributed by atoms with E-state index in [0.717, 1.165) is 10.0 Å². The van der Waals surface area contributed by atoms with Crippen LogP contribution in [0.1, 0.15) is 0 Å². The second kappa shape index (κ2) is 4.30. The third kappa shape index (κ3) is 1.80. The molecule has 0 amide bonds. The van der Waals surface area contributed by atoms with Crippen molar-refractivity contribution in [3.63, 3.8) is 0 Å². The first-order valence-electron chi connectivity index (χ1n) is 5.21. The first-order chi connectivity index (χ1) is 8.75. The number of hydrogen-bond acceptors (Lipinski definition) is 4. The van der Waals surface area contributed by atoms with Crippen molar-refractivity contribution in [2.75, 3.05) is 0 Å². The van der Waals surface area contributed by atoms with Crippen LogP contribution < -0.4 is 5.56 Å². The summed E-state index contributed by atoms with van der Waals surface area (Å²) in [5.74, 6) is 0.473. The van der Waals surface area contributed by atoms with Crippen LogP contribution >= 0.6 is 15.9 Å². The van der Waals surface area contributed by atoms with Gasteiger partial charge in [-0.3, -0.25) is 4.79 Å². The summed E-state index contributed by atoms with van der Waals surface area (Å²) >= 11 is 3.42. The lowest BCUT2D eigenvalue weighted by atomic mass is 10.2. The Balaban J connectivity index is 2.32. The summed E-state index contributed by atoms with van der Waals surface area (Å²) in [6.07, 6.45) is 2.98. The van der Waals surface area contributed by atoms with Crippen LogP contribution in [-0.2, 0) is 0 Å². The van der Waals surface area contributed by atoms with Gasteiger partial charge in [-0.1, -0.05) is 34.1 Å². The molecule has 0 bridgehead atoms. The molecule has 0 aliphatic carbocycles. The number of halogens is 1. The molecule has 0 spiro atoms. The van der Waals surface area contributed by atoms with Crippen LogP contribution in [0.4, 0.5) is 0 Å². The van der Waals surface area contributed by atoms with Crippen LogP contribution in [0, 0.1) is 0 Å². The fourth-order valence-corrected chi connectivity index (χ4v) is 2.13. The van der Waals surface area contributed by atoms with Gasteiger partial charge in [0, 0.05) is 22.4 Å². The highest BCUT2D eigenvalue weighted by molar-refractivity contribution is 9.10. The Kier molecular flexibility index (Phi) is 2.64. The highest BCUT2D eigenvalue weighted by Gasteiger charge is 2.09. The number of benzene rings is 1. The summed E-state index contributed by atoms with van der Waals surface area (Å²) < 4.78 is 0.858. The zero-order chi connectivity index (χ0) is 12.5. The molecule has 2 aromatic heterocycles. The van der Waals surface area contributed by atoms with Gasteiger partial charge in [-0.2, -0.15) is 0 Å². The van der Waals surface area contributed by atoms with Crippen molar-refractivity contribution in [2.45, 2.75) is 0 Å². The van der Waals surface area contributed by atoms with Crippen LogP contribution in [0.15, 0.2) is 45.9 Å². The standard InChI is InChI=1S/C12H7BrN4O/c13-8-4-2-1-3-7(8)10-16-11-9(12(18)17-10)14-5-6-15-11/h1-6H,(H,15,16,17,18). The first-order valence-corrected chi connectivity index (χ1v) is 6.01. The van der Waals surface area contributed by atoms with Crippen molar-refractivity contribution in [3.05, 3.63) is 51.5 Å². The molecule has 3 aromatic rings. The molecule has 0 radical (unpaired) electrons. The van der Waals surface area contributed by atoms with E-state index in [1.165, 1.54) is 12.4 Å².